The Balaban J connectivity index is 2.18. The molecule has 0 unspecified atom stereocenters. The molecule has 2 N–H and O–H groups in total. The van der Waals surface area contributed by atoms with Crippen LogP contribution in [0.4, 0.5) is 0 Å². The molecule has 0 saturated heterocycles. The van der Waals surface area contributed by atoms with E-state index >= 15 is 0 Å². The molecule has 0 radical (unpaired) electrons. The van der Waals surface area contributed by atoms with Gasteiger partial charge in [-0.05, 0) is 26.8 Å². The molecule has 1 aromatic heterocycles. The number of benzene rings is 1. The second kappa shape index (κ2) is 5.54. The molecule has 0 amide bonds. The van der Waals surface area contributed by atoms with Crippen molar-refractivity contribution in [2.75, 3.05) is 0 Å². The molecule has 1 atom stereocenters. The van der Waals surface area contributed by atoms with Crippen LogP contribution in [0.5, 0.6) is 0 Å². The number of esters is 1. The summed E-state index contributed by atoms with van der Waals surface area (Å²) in [6.45, 7) is 5.45. The van der Waals surface area contributed by atoms with Crippen LogP contribution < -0.4 is 5.73 Å². The number of rotatable bonds is 3. The van der Waals surface area contributed by atoms with Crippen LogP contribution in [0.2, 0.25) is 0 Å². The standard InChI is InChI=1S/C15H19N3O2/c1-15(2,3)20-14(19)11(16)8-13-10-6-4-5-7-12(10)17-9-18-13/h4-7,9,11H,8,16H2,1-3H3/t11-/m0/s1. The first-order chi connectivity index (χ1) is 9.37. The van der Waals surface area contributed by atoms with Crippen LogP contribution in [-0.2, 0) is 16.0 Å². The fraction of sp³-hybridized carbons (Fsp3) is 0.400. The van der Waals surface area contributed by atoms with Gasteiger partial charge in [0.05, 0.1) is 11.2 Å². The Labute approximate surface area is 118 Å². The van der Waals surface area contributed by atoms with Crippen LogP contribution in [0, 0.1) is 0 Å². The second-order valence-corrected chi connectivity index (χ2v) is 5.68. The third kappa shape index (κ3) is 3.51. The van der Waals surface area contributed by atoms with E-state index in [0.717, 1.165) is 16.6 Å². The summed E-state index contributed by atoms with van der Waals surface area (Å²) in [5.41, 5.74) is 6.97. The Morgan fingerprint density at radius 1 is 1.30 bits per heavy atom. The van der Waals surface area contributed by atoms with Gasteiger partial charge in [0.15, 0.2) is 0 Å². The molecular formula is C15H19N3O2. The first-order valence-electron chi connectivity index (χ1n) is 6.54. The van der Waals surface area contributed by atoms with Gasteiger partial charge in [0.25, 0.3) is 0 Å². The number of hydrogen-bond donors (Lipinski definition) is 1. The monoisotopic (exact) mass is 273 g/mol. The number of aromatic nitrogens is 2. The van der Waals surface area contributed by atoms with Gasteiger partial charge < -0.3 is 10.5 Å². The van der Waals surface area contributed by atoms with Crippen LogP contribution in [0.3, 0.4) is 0 Å². The number of nitrogens with zero attached hydrogens (tertiary/aromatic N) is 2. The van der Waals surface area contributed by atoms with Gasteiger partial charge in [0, 0.05) is 11.8 Å². The lowest BCUT2D eigenvalue weighted by Gasteiger charge is -2.22. The molecule has 20 heavy (non-hydrogen) atoms. The summed E-state index contributed by atoms with van der Waals surface area (Å²) < 4.78 is 5.28. The summed E-state index contributed by atoms with van der Waals surface area (Å²) in [4.78, 5) is 20.3. The van der Waals surface area contributed by atoms with E-state index in [2.05, 4.69) is 9.97 Å². The Kier molecular flexibility index (Phi) is 3.99. The number of ether oxygens (including phenoxy) is 1. The quantitative estimate of drug-likeness (QED) is 0.863. The van der Waals surface area contributed by atoms with E-state index in [9.17, 15) is 4.79 Å². The lowest BCUT2D eigenvalue weighted by molar-refractivity contribution is -0.156. The Morgan fingerprint density at radius 2 is 2.00 bits per heavy atom. The van der Waals surface area contributed by atoms with E-state index in [0.29, 0.717) is 6.42 Å². The predicted molar refractivity (Wildman–Crippen MR) is 77.1 cm³/mol. The average Bonchev–Trinajstić information content (AvgIpc) is 2.37. The van der Waals surface area contributed by atoms with Crippen molar-refractivity contribution < 1.29 is 9.53 Å². The lowest BCUT2D eigenvalue weighted by atomic mass is 10.1. The number of carbonyl (C=O) groups is 1. The third-order valence-corrected chi connectivity index (χ3v) is 2.75. The molecule has 5 heteroatoms. The third-order valence-electron chi connectivity index (χ3n) is 2.75. The maximum absolute atomic E-state index is 11.9. The van der Waals surface area contributed by atoms with Gasteiger partial charge in [-0.3, -0.25) is 4.79 Å². The maximum atomic E-state index is 11.9. The molecule has 2 aromatic rings. The number of fused-ring (bicyclic) bond motifs is 1. The number of hydrogen-bond acceptors (Lipinski definition) is 5. The van der Waals surface area contributed by atoms with Gasteiger partial charge in [-0.2, -0.15) is 0 Å². The molecule has 106 valence electrons. The van der Waals surface area contributed by atoms with Gasteiger partial charge in [-0.25, -0.2) is 9.97 Å². The zero-order chi connectivity index (χ0) is 14.8. The van der Waals surface area contributed by atoms with E-state index in [1.54, 1.807) is 0 Å². The van der Waals surface area contributed by atoms with Crippen molar-refractivity contribution in [3.05, 3.63) is 36.3 Å². The van der Waals surface area contributed by atoms with Crippen LogP contribution >= 0.6 is 0 Å². The molecule has 0 saturated carbocycles. The summed E-state index contributed by atoms with van der Waals surface area (Å²) in [6.07, 6.45) is 1.82. The molecule has 1 heterocycles. The highest BCUT2D eigenvalue weighted by Crippen LogP contribution is 2.16. The molecular weight excluding hydrogens is 254 g/mol. The smallest absolute Gasteiger partial charge is 0.323 e. The van der Waals surface area contributed by atoms with Crippen molar-refractivity contribution in [3.8, 4) is 0 Å². The summed E-state index contributed by atoms with van der Waals surface area (Å²) in [7, 11) is 0. The Hall–Kier alpha value is -2.01. The highest BCUT2D eigenvalue weighted by molar-refractivity contribution is 5.82. The maximum Gasteiger partial charge on any atom is 0.323 e. The van der Waals surface area contributed by atoms with Gasteiger partial charge in [-0.15, -0.1) is 0 Å². The lowest BCUT2D eigenvalue weighted by Crippen LogP contribution is -2.39. The minimum atomic E-state index is -0.729. The van der Waals surface area contributed by atoms with Crippen molar-refractivity contribution >= 4 is 16.9 Å². The van der Waals surface area contributed by atoms with E-state index in [1.807, 2.05) is 45.0 Å². The molecule has 2 rings (SSSR count). The fourth-order valence-corrected chi connectivity index (χ4v) is 1.89. The minimum Gasteiger partial charge on any atom is -0.459 e. The van der Waals surface area contributed by atoms with Crippen molar-refractivity contribution in [1.82, 2.24) is 9.97 Å². The molecule has 0 aliphatic rings. The molecule has 0 bridgehead atoms. The molecule has 0 aliphatic carbocycles. The Morgan fingerprint density at radius 3 is 2.70 bits per heavy atom. The zero-order valence-corrected chi connectivity index (χ0v) is 12.0. The highest BCUT2D eigenvalue weighted by Gasteiger charge is 2.23. The fourth-order valence-electron chi connectivity index (χ4n) is 1.89. The first-order valence-corrected chi connectivity index (χ1v) is 6.54. The molecule has 0 spiro atoms. The zero-order valence-electron chi connectivity index (χ0n) is 12.0. The van der Waals surface area contributed by atoms with Crippen LogP contribution in [0.1, 0.15) is 26.5 Å². The molecule has 0 aliphatic heterocycles. The van der Waals surface area contributed by atoms with Gasteiger partial charge in [0.2, 0.25) is 0 Å². The predicted octanol–water partition coefficient (Wildman–Crippen LogP) is 1.84. The van der Waals surface area contributed by atoms with Crippen LogP contribution in [0.25, 0.3) is 10.9 Å². The van der Waals surface area contributed by atoms with Crippen LogP contribution in [-0.4, -0.2) is 27.6 Å². The SMILES string of the molecule is CC(C)(C)OC(=O)[C@@H](N)Cc1ncnc2ccccc12. The average molecular weight is 273 g/mol. The first kappa shape index (κ1) is 14.4. The van der Waals surface area contributed by atoms with Crippen molar-refractivity contribution in [2.24, 2.45) is 5.73 Å². The van der Waals surface area contributed by atoms with E-state index in [1.165, 1.54) is 6.33 Å². The minimum absolute atomic E-state index is 0.331. The van der Waals surface area contributed by atoms with E-state index in [-0.39, 0.29) is 0 Å². The van der Waals surface area contributed by atoms with Gasteiger partial charge >= 0.3 is 5.97 Å². The number of carbonyl (C=O) groups excluding carboxylic acids is 1. The van der Waals surface area contributed by atoms with E-state index in [4.69, 9.17) is 10.5 Å². The van der Waals surface area contributed by atoms with Gasteiger partial charge in [-0.1, -0.05) is 18.2 Å². The summed E-state index contributed by atoms with van der Waals surface area (Å²) >= 11 is 0. The molecule has 0 fully saturated rings. The van der Waals surface area contributed by atoms with Gasteiger partial charge in [0.1, 0.15) is 18.0 Å². The van der Waals surface area contributed by atoms with E-state index < -0.39 is 17.6 Å². The number of nitrogens with two attached hydrogens (primary N) is 1. The molecule has 5 nitrogen and oxygen atoms in total. The summed E-state index contributed by atoms with van der Waals surface area (Å²) in [5.74, 6) is -0.416. The van der Waals surface area contributed by atoms with Crippen LogP contribution in [0.15, 0.2) is 30.6 Å². The summed E-state index contributed by atoms with van der Waals surface area (Å²) in [5, 5.41) is 0.911. The van der Waals surface area contributed by atoms with Crippen molar-refractivity contribution in [2.45, 2.75) is 38.8 Å². The largest absolute Gasteiger partial charge is 0.459 e. The molecule has 1 aromatic carbocycles. The Bertz CT molecular complexity index is 615. The summed E-state index contributed by atoms with van der Waals surface area (Å²) in [6, 6.07) is 6.92. The highest BCUT2D eigenvalue weighted by atomic mass is 16.6. The van der Waals surface area contributed by atoms with Crippen molar-refractivity contribution in [1.29, 1.82) is 0 Å². The second-order valence-electron chi connectivity index (χ2n) is 5.68. The topological polar surface area (TPSA) is 78.1 Å². The normalized spacial score (nSPS) is 13.2. The number of para-hydroxylation sites is 1. The van der Waals surface area contributed by atoms with Crippen molar-refractivity contribution in [3.63, 3.8) is 0 Å².